The third-order valence-electron chi connectivity index (χ3n) is 6.85. The van der Waals surface area contributed by atoms with Gasteiger partial charge in [0.25, 0.3) is 0 Å². The minimum atomic E-state index is -0.110. The number of fused-ring (bicyclic) bond motifs is 3. The van der Waals surface area contributed by atoms with Crippen LogP contribution in [0.5, 0.6) is 5.75 Å². The second-order valence-corrected chi connectivity index (χ2v) is 8.85. The topological polar surface area (TPSA) is 80.9 Å². The number of urea groups is 1. The standard InChI is InChI=1S/C26H31N5O3/c1-34-20-8-6-19(7-9-20)29-14-16-30(17-15-29)25(32)10-12-27-26(33)31-13-11-22-21-4-2-3-5-23(21)28-24(22)18-31/h2-9,28H,10-18H2,1H3,(H,27,33). The molecular weight excluding hydrogens is 430 g/mol. The molecule has 3 aromatic rings. The lowest BCUT2D eigenvalue weighted by Gasteiger charge is -2.36. The predicted octanol–water partition coefficient (Wildman–Crippen LogP) is 2.98. The van der Waals surface area contributed by atoms with Crippen LogP contribution in [0.3, 0.4) is 0 Å². The van der Waals surface area contributed by atoms with Crippen molar-refractivity contribution in [3.63, 3.8) is 0 Å². The van der Waals surface area contributed by atoms with Gasteiger partial charge in [-0.05, 0) is 42.3 Å². The highest BCUT2D eigenvalue weighted by molar-refractivity contribution is 5.85. The molecule has 178 valence electrons. The summed E-state index contributed by atoms with van der Waals surface area (Å²) in [6.07, 6.45) is 1.16. The number of aromatic nitrogens is 1. The maximum Gasteiger partial charge on any atom is 0.317 e. The molecule has 1 saturated heterocycles. The summed E-state index contributed by atoms with van der Waals surface area (Å²) < 4.78 is 5.22. The van der Waals surface area contributed by atoms with E-state index in [0.29, 0.717) is 39.1 Å². The Balaban J connectivity index is 1.06. The van der Waals surface area contributed by atoms with Gasteiger partial charge in [0.2, 0.25) is 5.91 Å². The second kappa shape index (κ2) is 9.67. The van der Waals surface area contributed by atoms with Crippen molar-refractivity contribution in [2.45, 2.75) is 19.4 Å². The van der Waals surface area contributed by atoms with E-state index in [2.05, 4.69) is 27.3 Å². The van der Waals surface area contributed by atoms with Crippen LogP contribution >= 0.6 is 0 Å². The average Bonchev–Trinajstić information content (AvgIpc) is 3.26. The molecule has 0 bridgehead atoms. The first-order chi connectivity index (χ1) is 16.6. The Labute approximate surface area is 199 Å². The fourth-order valence-corrected chi connectivity index (χ4v) is 4.92. The molecule has 3 heterocycles. The van der Waals surface area contributed by atoms with Gasteiger partial charge in [-0.1, -0.05) is 18.2 Å². The zero-order chi connectivity index (χ0) is 23.5. The number of amides is 3. The smallest absolute Gasteiger partial charge is 0.317 e. The summed E-state index contributed by atoms with van der Waals surface area (Å²) in [5.74, 6) is 0.928. The highest BCUT2D eigenvalue weighted by Crippen LogP contribution is 2.27. The molecule has 2 N–H and O–H groups in total. The molecule has 0 atom stereocenters. The van der Waals surface area contributed by atoms with Crippen LogP contribution in [-0.4, -0.2) is 73.1 Å². The fourth-order valence-electron chi connectivity index (χ4n) is 4.92. The van der Waals surface area contributed by atoms with Crippen molar-refractivity contribution in [1.29, 1.82) is 0 Å². The number of carbonyl (C=O) groups is 2. The van der Waals surface area contributed by atoms with Gasteiger partial charge in [-0.2, -0.15) is 0 Å². The zero-order valence-electron chi connectivity index (χ0n) is 19.5. The van der Waals surface area contributed by atoms with Crippen LogP contribution in [0.1, 0.15) is 17.7 Å². The number of para-hydroxylation sites is 1. The largest absolute Gasteiger partial charge is 0.497 e. The lowest BCUT2D eigenvalue weighted by molar-refractivity contribution is -0.131. The van der Waals surface area contributed by atoms with E-state index in [1.807, 2.05) is 46.2 Å². The number of ether oxygens (including phenoxy) is 1. The molecule has 1 aromatic heterocycles. The van der Waals surface area contributed by atoms with Gasteiger partial charge in [-0.15, -0.1) is 0 Å². The van der Waals surface area contributed by atoms with Crippen molar-refractivity contribution in [2.75, 3.05) is 51.3 Å². The maximum atomic E-state index is 12.7. The highest BCUT2D eigenvalue weighted by Gasteiger charge is 2.25. The first-order valence-electron chi connectivity index (χ1n) is 11.9. The molecule has 0 radical (unpaired) electrons. The Hall–Kier alpha value is -3.68. The molecule has 0 spiro atoms. The second-order valence-electron chi connectivity index (χ2n) is 8.85. The number of methoxy groups -OCH3 is 1. The summed E-state index contributed by atoms with van der Waals surface area (Å²) in [6.45, 7) is 4.57. The number of aromatic amines is 1. The third-order valence-corrected chi connectivity index (χ3v) is 6.85. The van der Waals surface area contributed by atoms with Crippen LogP contribution < -0.4 is 15.0 Å². The SMILES string of the molecule is COc1ccc(N2CCN(C(=O)CCNC(=O)N3CCc4c([nH]c5ccccc45)C3)CC2)cc1. The Morgan fingerprint density at radius 3 is 2.50 bits per heavy atom. The van der Waals surface area contributed by atoms with E-state index in [1.165, 1.54) is 10.9 Å². The van der Waals surface area contributed by atoms with E-state index < -0.39 is 0 Å². The molecule has 0 saturated carbocycles. The number of benzene rings is 2. The van der Waals surface area contributed by atoms with Crippen molar-refractivity contribution in [3.8, 4) is 5.75 Å². The van der Waals surface area contributed by atoms with Crippen molar-refractivity contribution >= 4 is 28.5 Å². The number of carbonyl (C=O) groups excluding carboxylic acids is 2. The number of rotatable bonds is 5. The predicted molar refractivity (Wildman–Crippen MR) is 132 cm³/mol. The van der Waals surface area contributed by atoms with Crippen LogP contribution in [0, 0.1) is 0 Å². The molecule has 0 unspecified atom stereocenters. The van der Waals surface area contributed by atoms with Gasteiger partial charge in [0.1, 0.15) is 5.75 Å². The van der Waals surface area contributed by atoms with Crippen molar-refractivity contribution in [2.24, 2.45) is 0 Å². The maximum absolute atomic E-state index is 12.7. The van der Waals surface area contributed by atoms with Gasteiger partial charge in [0.05, 0.1) is 13.7 Å². The summed E-state index contributed by atoms with van der Waals surface area (Å²) in [5, 5.41) is 4.18. The first kappa shape index (κ1) is 22.1. The van der Waals surface area contributed by atoms with Crippen LogP contribution in [0.4, 0.5) is 10.5 Å². The van der Waals surface area contributed by atoms with Crippen LogP contribution in [-0.2, 0) is 17.8 Å². The Bertz CT molecular complexity index is 1160. The van der Waals surface area contributed by atoms with Crippen molar-refractivity contribution < 1.29 is 14.3 Å². The van der Waals surface area contributed by atoms with E-state index in [0.717, 1.165) is 42.2 Å². The van der Waals surface area contributed by atoms with Gasteiger partial charge in [0, 0.05) is 68.0 Å². The molecule has 34 heavy (non-hydrogen) atoms. The van der Waals surface area contributed by atoms with Gasteiger partial charge >= 0.3 is 6.03 Å². The van der Waals surface area contributed by atoms with Crippen LogP contribution in [0.2, 0.25) is 0 Å². The Morgan fingerprint density at radius 2 is 1.74 bits per heavy atom. The van der Waals surface area contributed by atoms with Crippen molar-refractivity contribution in [1.82, 2.24) is 20.1 Å². The van der Waals surface area contributed by atoms with Crippen LogP contribution in [0.25, 0.3) is 10.9 Å². The third kappa shape index (κ3) is 4.53. The minimum absolute atomic E-state index is 0.0891. The highest BCUT2D eigenvalue weighted by atomic mass is 16.5. The van der Waals surface area contributed by atoms with E-state index >= 15 is 0 Å². The quantitative estimate of drug-likeness (QED) is 0.612. The number of hydrogen-bond acceptors (Lipinski definition) is 4. The molecular formula is C26H31N5O3. The molecule has 3 amide bonds. The average molecular weight is 462 g/mol. The minimum Gasteiger partial charge on any atom is -0.497 e. The number of hydrogen-bond donors (Lipinski definition) is 2. The number of nitrogens with one attached hydrogen (secondary N) is 2. The molecule has 2 aliphatic rings. The summed E-state index contributed by atoms with van der Waals surface area (Å²) in [5.41, 5.74) is 4.67. The first-order valence-corrected chi connectivity index (χ1v) is 11.9. The van der Waals surface area contributed by atoms with Gasteiger partial charge in [0.15, 0.2) is 0 Å². The zero-order valence-corrected chi connectivity index (χ0v) is 19.5. The van der Waals surface area contributed by atoms with Gasteiger partial charge in [-0.25, -0.2) is 4.79 Å². The van der Waals surface area contributed by atoms with E-state index in [9.17, 15) is 9.59 Å². The normalized spacial score (nSPS) is 15.9. The van der Waals surface area contributed by atoms with Crippen molar-refractivity contribution in [3.05, 3.63) is 59.8 Å². The fraction of sp³-hybridized carbons (Fsp3) is 0.385. The molecule has 5 rings (SSSR count). The number of anilines is 1. The Morgan fingerprint density at radius 1 is 0.971 bits per heavy atom. The monoisotopic (exact) mass is 461 g/mol. The van der Waals surface area contributed by atoms with E-state index in [4.69, 9.17) is 4.74 Å². The van der Waals surface area contributed by atoms with Gasteiger partial charge < -0.3 is 29.7 Å². The summed E-state index contributed by atoms with van der Waals surface area (Å²) in [6, 6.07) is 16.2. The summed E-state index contributed by atoms with van der Waals surface area (Å²) in [4.78, 5) is 34.8. The lowest BCUT2D eigenvalue weighted by Crippen LogP contribution is -2.49. The molecule has 8 nitrogen and oxygen atoms in total. The lowest BCUT2D eigenvalue weighted by atomic mass is 10.0. The van der Waals surface area contributed by atoms with Crippen LogP contribution in [0.15, 0.2) is 48.5 Å². The number of nitrogens with zero attached hydrogens (tertiary/aromatic N) is 3. The summed E-state index contributed by atoms with van der Waals surface area (Å²) >= 11 is 0. The molecule has 2 aromatic carbocycles. The number of piperazine rings is 1. The molecule has 2 aliphatic heterocycles. The number of H-pyrrole nitrogens is 1. The molecule has 8 heteroatoms. The van der Waals surface area contributed by atoms with Gasteiger partial charge in [-0.3, -0.25) is 4.79 Å². The van der Waals surface area contributed by atoms with E-state index in [1.54, 1.807) is 7.11 Å². The molecule has 1 fully saturated rings. The Kier molecular flexibility index (Phi) is 6.29. The molecule has 0 aliphatic carbocycles. The summed E-state index contributed by atoms with van der Waals surface area (Å²) in [7, 11) is 1.66. The van der Waals surface area contributed by atoms with E-state index in [-0.39, 0.29) is 11.9 Å².